The van der Waals surface area contributed by atoms with E-state index in [1.54, 1.807) is 0 Å². The van der Waals surface area contributed by atoms with Crippen LogP contribution in [0.1, 0.15) is 29.6 Å². The van der Waals surface area contributed by atoms with E-state index in [1.807, 2.05) is 23.1 Å². The second kappa shape index (κ2) is 6.67. The number of amides is 1. The minimum Gasteiger partial charge on any atom is -0.368 e. The maximum atomic E-state index is 12.6. The van der Waals surface area contributed by atoms with E-state index >= 15 is 0 Å². The molecule has 3 rings (SSSR count). The Labute approximate surface area is 131 Å². The number of carbonyl (C=O) groups is 1. The third-order valence-electron chi connectivity index (χ3n) is 4.29. The van der Waals surface area contributed by atoms with Crippen molar-refractivity contribution in [2.45, 2.75) is 19.3 Å². The average molecular weight is 308 g/mol. The smallest absolute Gasteiger partial charge is 0.253 e. The van der Waals surface area contributed by atoms with E-state index in [1.165, 1.54) is 6.42 Å². The van der Waals surface area contributed by atoms with Gasteiger partial charge in [0.15, 0.2) is 0 Å². The number of nitrogens with one attached hydrogen (secondary N) is 1. The number of piperazine rings is 1. The van der Waals surface area contributed by atoms with Crippen LogP contribution in [0.5, 0.6) is 0 Å². The van der Waals surface area contributed by atoms with Crippen molar-refractivity contribution >= 4 is 23.2 Å². The van der Waals surface area contributed by atoms with Gasteiger partial charge in [-0.15, -0.1) is 0 Å². The molecule has 0 saturated carbocycles. The quantitative estimate of drug-likeness (QED) is 0.911. The van der Waals surface area contributed by atoms with E-state index < -0.39 is 0 Å². The number of halogens is 1. The van der Waals surface area contributed by atoms with Crippen molar-refractivity contribution in [1.82, 2.24) is 10.2 Å². The summed E-state index contributed by atoms with van der Waals surface area (Å²) < 4.78 is 0. The van der Waals surface area contributed by atoms with Crippen LogP contribution in [0, 0.1) is 0 Å². The summed E-state index contributed by atoms with van der Waals surface area (Å²) in [5.74, 6) is 0.141. The number of anilines is 1. The van der Waals surface area contributed by atoms with Gasteiger partial charge in [0, 0.05) is 44.8 Å². The van der Waals surface area contributed by atoms with Crippen LogP contribution >= 0.6 is 11.6 Å². The Morgan fingerprint density at radius 2 is 1.76 bits per heavy atom. The Balaban J connectivity index is 1.80. The molecule has 0 aromatic heterocycles. The molecule has 4 nitrogen and oxygen atoms in total. The monoisotopic (exact) mass is 307 g/mol. The van der Waals surface area contributed by atoms with Crippen LogP contribution in [-0.2, 0) is 0 Å². The molecule has 2 heterocycles. The van der Waals surface area contributed by atoms with Crippen molar-refractivity contribution < 1.29 is 4.79 Å². The summed E-state index contributed by atoms with van der Waals surface area (Å²) in [5.41, 5.74) is 1.75. The molecule has 0 aliphatic carbocycles. The topological polar surface area (TPSA) is 35.6 Å². The van der Waals surface area contributed by atoms with Gasteiger partial charge in [0.05, 0.1) is 10.7 Å². The summed E-state index contributed by atoms with van der Waals surface area (Å²) in [4.78, 5) is 16.8. The fraction of sp³-hybridized carbons (Fsp3) is 0.562. The van der Waals surface area contributed by atoms with Crippen molar-refractivity contribution in [3.8, 4) is 0 Å². The minimum atomic E-state index is 0.141. The van der Waals surface area contributed by atoms with Crippen LogP contribution in [0.15, 0.2) is 18.2 Å². The van der Waals surface area contributed by atoms with Crippen molar-refractivity contribution in [3.05, 3.63) is 28.8 Å². The molecule has 0 unspecified atom stereocenters. The summed E-state index contributed by atoms with van der Waals surface area (Å²) in [7, 11) is 0. The molecule has 2 fully saturated rings. The lowest BCUT2D eigenvalue weighted by molar-refractivity contribution is 0.0724. The summed E-state index contributed by atoms with van der Waals surface area (Å²) in [5, 5.41) is 4.06. The molecular formula is C16H22ClN3O. The maximum absolute atomic E-state index is 12.6. The third-order valence-corrected chi connectivity index (χ3v) is 4.61. The first-order valence-electron chi connectivity index (χ1n) is 7.80. The SMILES string of the molecule is O=C(c1ccc(Cl)c(N2CCNCC2)c1)N1CCCCC1. The van der Waals surface area contributed by atoms with Crippen LogP contribution in [0.3, 0.4) is 0 Å². The summed E-state index contributed by atoms with van der Waals surface area (Å²) in [6, 6.07) is 5.67. The first kappa shape index (κ1) is 14.7. The molecule has 2 aliphatic heterocycles. The predicted octanol–water partition coefficient (Wildman–Crippen LogP) is 2.38. The number of piperidine rings is 1. The standard InChI is InChI=1S/C16H22ClN3O/c17-14-5-4-13(16(21)20-8-2-1-3-9-20)12-15(14)19-10-6-18-7-11-19/h4-5,12,18H,1-3,6-11H2. The number of carbonyl (C=O) groups excluding carboxylic acids is 1. The lowest BCUT2D eigenvalue weighted by Gasteiger charge is -2.31. The number of nitrogens with zero attached hydrogens (tertiary/aromatic N) is 2. The first-order chi connectivity index (χ1) is 10.3. The first-order valence-corrected chi connectivity index (χ1v) is 8.18. The lowest BCUT2D eigenvalue weighted by atomic mass is 10.1. The molecule has 1 aromatic carbocycles. The normalized spacial score (nSPS) is 19.7. The van der Waals surface area contributed by atoms with Crippen LogP contribution in [0.4, 0.5) is 5.69 Å². The van der Waals surface area contributed by atoms with E-state index in [0.717, 1.165) is 68.4 Å². The van der Waals surface area contributed by atoms with Crippen LogP contribution in [-0.4, -0.2) is 50.1 Å². The van der Waals surface area contributed by atoms with E-state index in [-0.39, 0.29) is 5.91 Å². The van der Waals surface area contributed by atoms with Gasteiger partial charge in [-0.1, -0.05) is 11.6 Å². The predicted molar refractivity (Wildman–Crippen MR) is 86.3 cm³/mol. The zero-order chi connectivity index (χ0) is 14.7. The molecule has 1 N–H and O–H groups in total. The fourth-order valence-corrected chi connectivity index (χ4v) is 3.31. The van der Waals surface area contributed by atoms with Crippen LogP contribution in [0.25, 0.3) is 0 Å². The van der Waals surface area contributed by atoms with E-state index in [2.05, 4.69) is 10.2 Å². The highest BCUT2D eigenvalue weighted by Crippen LogP contribution is 2.28. The highest BCUT2D eigenvalue weighted by Gasteiger charge is 2.20. The Hall–Kier alpha value is -1.26. The maximum Gasteiger partial charge on any atom is 0.253 e. The highest BCUT2D eigenvalue weighted by atomic mass is 35.5. The van der Waals surface area contributed by atoms with Gasteiger partial charge in [-0.2, -0.15) is 0 Å². The third kappa shape index (κ3) is 3.33. The molecule has 5 heteroatoms. The zero-order valence-electron chi connectivity index (χ0n) is 12.3. The van der Waals surface area contributed by atoms with E-state index in [0.29, 0.717) is 0 Å². The van der Waals surface area contributed by atoms with Gasteiger partial charge in [-0.05, 0) is 37.5 Å². The van der Waals surface area contributed by atoms with Crippen molar-refractivity contribution in [1.29, 1.82) is 0 Å². The van der Waals surface area contributed by atoms with Crippen LogP contribution in [0.2, 0.25) is 5.02 Å². The molecule has 1 amide bonds. The molecule has 2 saturated heterocycles. The number of hydrogen-bond donors (Lipinski definition) is 1. The zero-order valence-corrected chi connectivity index (χ0v) is 13.0. The van der Waals surface area contributed by atoms with Crippen molar-refractivity contribution in [2.75, 3.05) is 44.2 Å². The highest BCUT2D eigenvalue weighted by molar-refractivity contribution is 6.33. The summed E-state index contributed by atoms with van der Waals surface area (Å²) >= 11 is 6.33. The second-order valence-electron chi connectivity index (χ2n) is 5.76. The molecule has 114 valence electrons. The number of hydrogen-bond acceptors (Lipinski definition) is 3. The molecular weight excluding hydrogens is 286 g/mol. The molecule has 0 atom stereocenters. The van der Waals surface area contributed by atoms with Gasteiger partial charge in [0.2, 0.25) is 0 Å². The average Bonchev–Trinajstić information content (AvgIpc) is 2.56. The fourth-order valence-electron chi connectivity index (χ4n) is 3.07. The van der Waals surface area contributed by atoms with Gasteiger partial charge >= 0.3 is 0 Å². The Morgan fingerprint density at radius 1 is 1.05 bits per heavy atom. The van der Waals surface area contributed by atoms with Crippen molar-refractivity contribution in [3.63, 3.8) is 0 Å². The minimum absolute atomic E-state index is 0.141. The molecule has 1 aromatic rings. The molecule has 0 bridgehead atoms. The summed E-state index contributed by atoms with van der Waals surface area (Å²) in [6.07, 6.45) is 3.46. The molecule has 0 spiro atoms. The van der Waals surface area contributed by atoms with Gasteiger partial charge < -0.3 is 15.1 Å². The molecule has 0 radical (unpaired) electrons. The van der Waals surface area contributed by atoms with Gasteiger partial charge in [-0.25, -0.2) is 0 Å². The van der Waals surface area contributed by atoms with E-state index in [4.69, 9.17) is 11.6 Å². The Bertz CT molecular complexity index is 508. The van der Waals surface area contributed by atoms with E-state index in [9.17, 15) is 4.79 Å². The Morgan fingerprint density at radius 3 is 2.48 bits per heavy atom. The van der Waals surface area contributed by atoms with Crippen molar-refractivity contribution in [2.24, 2.45) is 0 Å². The molecule has 21 heavy (non-hydrogen) atoms. The molecule has 2 aliphatic rings. The van der Waals surface area contributed by atoms with Gasteiger partial charge in [-0.3, -0.25) is 4.79 Å². The lowest BCUT2D eigenvalue weighted by Crippen LogP contribution is -2.43. The Kier molecular flexibility index (Phi) is 4.66. The summed E-state index contributed by atoms with van der Waals surface area (Å²) in [6.45, 7) is 5.54. The second-order valence-corrected chi connectivity index (χ2v) is 6.16. The number of rotatable bonds is 2. The largest absolute Gasteiger partial charge is 0.368 e. The van der Waals surface area contributed by atoms with Gasteiger partial charge in [0.25, 0.3) is 5.91 Å². The number of benzene rings is 1. The van der Waals surface area contributed by atoms with Crippen LogP contribution < -0.4 is 10.2 Å². The van der Waals surface area contributed by atoms with Gasteiger partial charge in [0.1, 0.15) is 0 Å². The number of likely N-dealkylation sites (tertiary alicyclic amines) is 1.